The van der Waals surface area contributed by atoms with Gasteiger partial charge in [-0.25, -0.2) is 8.42 Å². The third-order valence-corrected chi connectivity index (χ3v) is 5.71. The lowest BCUT2D eigenvalue weighted by Crippen LogP contribution is -2.06. The maximum absolute atomic E-state index is 12.4. The molecule has 0 unspecified atom stereocenters. The van der Waals surface area contributed by atoms with Gasteiger partial charge in [0, 0.05) is 17.5 Å². The van der Waals surface area contributed by atoms with Crippen LogP contribution in [0.2, 0.25) is 5.02 Å². The number of nitrogens with zero attached hydrogens (tertiary/aromatic N) is 1. The van der Waals surface area contributed by atoms with E-state index in [0.29, 0.717) is 11.7 Å². The Labute approximate surface area is 133 Å². The van der Waals surface area contributed by atoms with Crippen molar-refractivity contribution in [3.63, 3.8) is 0 Å². The van der Waals surface area contributed by atoms with Crippen LogP contribution in [0.15, 0.2) is 33.7 Å². The minimum atomic E-state index is -3.36. The average Bonchev–Trinajstić information content (AvgIpc) is 3.24. The van der Waals surface area contributed by atoms with E-state index < -0.39 is 9.84 Å². The van der Waals surface area contributed by atoms with E-state index in [0.717, 1.165) is 12.8 Å². The van der Waals surface area contributed by atoms with Crippen LogP contribution in [0.4, 0.5) is 0 Å². The number of benzene rings is 1. The van der Waals surface area contributed by atoms with Crippen LogP contribution >= 0.6 is 11.6 Å². The van der Waals surface area contributed by atoms with Gasteiger partial charge in [0.05, 0.1) is 15.7 Å². The third kappa shape index (κ3) is 2.80. The van der Waals surface area contributed by atoms with Crippen LogP contribution in [-0.2, 0) is 9.84 Å². The highest BCUT2D eigenvalue weighted by atomic mass is 35.5. The lowest BCUT2D eigenvalue weighted by atomic mass is 10.1. The van der Waals surface area contributed by atoms with Crippen LogP contribution in [0.25, 0.3) is 0 Å². The Morgan fingerprint density at radius 2 is 2.09 bits per heavy atom. The lowest BCUT2D eigenvalue weighted by Gasteiger charge is -2.05. The molecule has 3 rings (SSSR count). The highest BCUT2D eigenvalue weighted by Crippen LogP contribution is 2.40. The maximum Gasteiger partial charge on any atom is 0.216 e. The smallest absolute Gasteiger partial charge is 0.216 e. The Bertz CT molecular complexity index is 837. The van der Waals surface area contributed by atoms with Gasteiger partial charge in [-0.15, -0.1) is 0 Å². The number of sulfone groups is 1. The van der Waals surface area contributed by atoms with E-state index in [1.54, 1.807) is 13.0 Å². The Morgan fingerprint density at radius 3 is 2.68 bits per heavy atom. The predicted molar refractivity (Wildman–Crippen MR) is 81.1 cm³/mol. The summed E-state index contributed by atoms with van der Waals surface area (Å²) in [5.41, 5.74) is 0.405. The van der Waals surface area contributed by atoms with E-state index in [9.17, 15) is 13.2 Å². The fourth-order valence-electron chi connectivity index (χ4n) is 2.13. The van der Waals surface area contributed by atoms with Gasteiger partial charge in [0.2, 0.25) is 5.78 Å². The van der Waals surface area contributed by atoms with Gasteiger partial charge in [0.25, 0.3) is 0 Å². The standard InChI is InChI=1S/C15H14ClNO4S/c1-2-22(19,20)10-5-6-11(12(16)7-10)15(18)13-8-14(21-17-13)9-3-4-9/h5-9H,2-4H2,1H3. The van der Waals surface area contributed by atoms with E-state index in [1.165, 1.54) is 18.2 Å². The molecule has 116 valence electrons. The number of hydrogen-bond donors (Lipinski definition) is 0. The van der Waals surface area contributed by atoms with Gasteiger partial charge in [-0.2, -0.15) is 0 Å². The minimum absolute atomic E-state index is 0.0232. The summed E-state index contributed by atoms with van der Waals surface area (Å²) in [6.45, 7) is 1.55. The van der Waals surface area contributed by atoms with Crippen molar-refractivity contribution in [1.82, 2.24) is 5.16 Å². The number of carbonyl (C=O) groups excluding carboxylic acids is 1. The van der Waals surface area contributed by atoms with Crippen molar-refractivity contribution in [3.05, 3.63) is 46.3 Å². The average molecular weight is 340 g/mol. The first-order valence-electron chi connectivity index (χ1n) is 6.96. The lowest BCUT2D eigenvalue weighted by molar-refractivity contribution is 0.103. The fourth-order valence-corrected chi connectivity index (χ4v) is 3.37. The van der Waals surface area contributed by atoms with Gasteiger partial charge in [-0.05, 0) is 31.0 Å². The molecule has 0 bridgehead atoms. The molecule has 0 saturated heterocycles. The molecule has 2 aromatic rings. The number of ketones is 1. The molecule has 0 atom stereocenters. The molecular weight excluding hydrogens is 326 g/mol. The minimum Gasteiger partial charge on any atom is -0.360 e. The molecule has 0 aliphatic heterocycles. The van der Waals surface area contributed by atoms with Crippen molar-refractivity contribution in [3.8, 4) is 0 Å². The van der Waals surface area contributed by atoms with E-state index in [-0.39, 0.29) is 32.7 Å². The largest absolute Gasteiger partial charge is 0.360 e. The molecule has 1 fully saturated rings. The Kier molecular flexibility index (Phi) is 3.82. The second-order valence-corrected chi connectivity index (χ2v) is 7.95. The van der Waals surface area contributed by atoms with Crippen LogP contribution in [0.1, 0.15) is 47.5 Å². The molecule has 0 spiro atoms. The molecule has 1 saturated carbocycles. The van der Waals surface area contributed by atoms with Crippen molar-refractivity contribution in [2.45, 2.75) is 30.6 Å². The van der Waals surface area contributed by atoms with Crippen LogP contribution < -0.4 is 0 Å². The second kappa shape index (κ2) is 5.52. The molecule has 5 nitrogen and oxygen atoms in total. The molecule has 1 aliphatic rings. The van der Waals surface area contributed by atoms with Gasteiger partial charge in [0.1, 0.15) is 5.76 Å². The molecule has 1 aromatic heterocycles. The zero-order valence-corrected chi connectivity index (χ0v) is 13.4. The second-order valence-electron chi connectivity index (χ2n) is 5.26. The Balaban J connectivity index is 1.92. The molecular formula is C15H14ClNO4S. The highest BCUT2D eigenvalue weighted by Gasteiger charge is 2.29. The zero-order valence-electron chi connectivity index (χ0n) is 11.9. The first-order valence-corrected chi connectivity index (χ1v) is 8.99. The van der Waals surface area contributed by atoms with Crippen molar-refractivity contribution < 1.29 is 17.7 Å². The number of halogens is 1. The van der Waals surface area contributed by atoms with Gasteiger partial charge in [0.15, 0.2) is 15.5 Å². The van der Waals surface area contributed by atoms with Crippen LogP contribution in [0.3, 0.4) is 0 Å². The number of hydrogen-bond acceptors (Lipinski definition) is 5. The van der Waals surface area contributed by atoms with Crippen LogP contribution in [-0.4, -0.2) is 25.1 Å². The summed E-state index contributed by atoms with van der Waals surface area (Å²) < 4.78 is 28.8. The van der Waals surface area contributed by atoms with Gasteiger partial charge in [-0.1, -0.05) is 23.7 Å². The van der Waals surface area contributed by atoms with Crippen LogP contribution in [0, 0.1) is 0 Å². The van der Waals surface area contributed by atoms with Gasteiger partial charge >= 0.3 is 0 Å². The highest BCUT2D eigenvalue weighted by molar-refractivity contribution is 7.91. The molecule has 1 aliphatic carbocycles. The summed E-state index contributed by atoms with van der Waals surface area (Å²) in [5, 5.41) is 3.87. The molecule has 0 N–H and O–H groups in total. The number of carbonyl (C=O) groups is 1. The Hall–Kier alpha value is -1.66. The molecule has 7 heteroatoms. The molecule has 0 radical (unpaired) electrons. The van der Waals surface area contributed by atoms with Crippen molar-refractivity contribution in [1.29, 1.82) is 0 Å². The summed E-state index contributed by atoms with van der Waals surface area (Å²) in [5.74, 6) is 0.678. The molecule has 0 amide bonds. The summed E-state index contributed by atoms with van der Waals surface area (Å²) in [6.07, 6.45) is 2.10. The van der Waals surface area contributed by atoms with Crippen LogP contribution in [0.5, 0.6) is 0 Å². The zero-order chi connectivity index (χ0) is 15.9. The van der Waals surface area contributed by atoms with Crippen molar-refractivity contribution >= 4 is 27.2 Å². The topological polar surface area (TPSA) is 77.2 Å². The van der Waals surface area contributed by atoms with Gasteiger partial charge < -0.3 is 4.52 Å². The number of rotatable bonds is 5. The normalized spacial score (nSPS) is 15.0. The summed E-state index contributed by atoms with van der Waals surface area (Å²) in [4.78, 5) is 12.5. The van der Waals surface area contributed by atoms with Crippen molar-refractivity contribution in [2.24, 2.45) is 0 Å². The number of aromatic nitrogens is 1. The first kappa shape index (κ1) is 15.2. The summed E-state index contributed by atoms with van der Waals surface area (Å²) >= 11 is 6.08. The van der Waals surface area contributed by atoms with E-state index in [4.69, 9.17) is 16.1 Å². The Morgan fingerprint density at radius 1 is 1.36 bits per heavy atom. The van der Waals surface area contributed by atoms with E-state index in [2.05, 4.69) is 5.16 Å². The summed E-state index contributed by atoms with van der Waals surface area (Å²) in [7, 11) is -3.36. The summed E-state index contributed by atoms with van der Waals surface area (Å²) in [6, 6.07) is 5.74. The maximum atomic E-state index is 12.4. The van der Waals surface area contributed by atoms with Gasteiger partial charge in [-0.3, -0.25) is 4.79 Å². The van der Waals surface area contributed by atoms with E-state index >= 15 is 0 Å². The van der Waals surface area contributed by atoms with E-state index in [1.807, 2.05) is 0 Å². The first-order chi connectivity index (χ1) is 10.4. The SMILES string of the molecule is CCS(=O)(=O)c1ccc(C(=O)c2cc(C3CC3)on2)c(Cl)c1. The quantitative estimate of drug-likeness (QED) is 0.781. The molecule has 22 heavy (non-hydrogen) atoms. The molecule has 1 aromatic carbocycles. The monoisotopic (exact) mass is 339 g/mol. The third-order valence-electron chi connectivity index (χ3n) is 3.67. The molecule has 1 heterocycles. The van der Waals surface area contributed by atoms with Crippen molar-refractivity contribution in [2.75, 3.05) is 5.75 Å². The predicted octanol–water partition coefficient (Wildman–Crippen LogP) is 3.23. The fraction of sp³-hybridized carbons (Fsp3) is 0.333.